The van der Waals surface area contributed by atoms with Crippen molar-refractivity contribution in [2.24, 2.45) is 0 Å². The molecule has 5 rings (SSSR count). The lowest BCUT2D eigenvalue weighted by Gasteiger charge is -2.38. The number of anilines is 1. The number of thiophene rings is 1. The lowest BCUT2D eigenvalue weighted by molar-refractivity contribution is -0.133. The predicted octanol–water partition coefficient (Wildman–Crippen LogP) is 4.23. The molecule has 7 heteroatoms. The van der Waals surface area contributed by atoms with Gasteiger partial charge in [0.15, 0.2) is 0 Å². The van der Waals surface area contributed by atoms with Crippen molar-refractivity contribution in [1.29, 1.82) is 0 Å². The first-order valence-electron chi connectivity index (χ1n) is 11.6. The average Bonchev–Trinajstić information content (AvgIpc) is 3.55. The molecule has 2 N–H and O–H groups in total. The highest BCUT2D eigenvalue weighted by molar-refractivity contribution is 7.12. The molecule has 174 valence electrons. The van der Waals surface area contributed by atoms with Crippen LogP contribution in [0.4, 0.5) is 5.69 Å². The van der Waals surface area contributed by atoms with Crippen LogP contribution in [-0.4, -0.2) is 53.9 Å². The zero-order valence-corrected chi connectivity index (χ0v) is 20.0. The van der Waals surface area contributed by atoms with Crippen LogP contribution in [0.2, 0.25) is 0 Å². The number of para-hydroxylation sites is 2. The summed E-state index contributed by atoms with van der Waals surface area (Å²) in [5.74, 6) is -0.230. The molecule has 1 aliphatic rings. The van der Waals surface area contributed by atoms with Crippen molar-refractivity contribution < 1.29 is 9.59 Å². The number of rotatable bonds is 6. The first-order chi connectivity index (χ1) is 16.6. The summed E-state index contributed by atoms with van der Waals surface area (Å²) in [5.41, 5.74) is 4.51. The summed E-state index contributed by atoms with van der Waals surface area (Å²) in [6.45, 7) is 4.92. The Labute approximate surface area is 203 Å². The molecule has 34 heavy (non-hydrogen) atoms. The maximum atomic E-state index is 13.7. The van der Waals surface area contributed by atoms with E-state index in [-0.39, 0.29) is 11.8 Å². The molecular formula is C27H28N4O2S. The van der Waals surface area contributed by atoms with Gasteiger partial charge in [-0.1, -0.05) is 42.5 Å². The number of fused-ring (bicyclic) bond motifs is 1. The number of amides is 2. The third-order valence-corrected chi connectivity index (χ3v) is 7.36. The minimum Gasteiger partial charge on any atom is -0.368 e. The average molecular weight is 473 g/mol. The Morgan fingerprint density at radius 2 is 1.76 bits per heavy atom. The molecule has 3 heterocycles. The van der Waals surface area contributed by atoms with Gasteiger partial charge >= 0.3 is 0 Å². The van der Waals surface area contributed by atoms with Gasteiger partial charge in [0.1, 0.15) is 6.04 Å². The van der Waals surface area contributed by atoms with Crippen LogP contribution in [0.3, 0.4) is 0 Å². The summed E-state index contributed by atoms with van der Waals surface area (Å²) < 4.78 is 0. The normalized spacial score (nSPS) is 14.9. The topological polar surface area (TPSA) is 68.4 Å². The molecule has 2 aromatic carbocycles. The number of carbonyl (C=O) groups is 2. The van der Waals surface area contributed by atoms with E-state index in [4.69, 9.17) is 0 Å². The van der Waals surface area contributed by atoms with Gasteiger partial charge in [-0.3, -0.25) is 9.59 Å². The minimum absolute atomic E-state index is 0.0281. The van der Waals surface area contributed by atoms with Crippen LogP contribution in [0, 0.1) is 6.92 Å². The Kier molecular flexibility index (Phi) is 6.36. The molecule has 0 aliphatic carbocycles. The van der Waals surface area contributed by atoms with E-state index in [1.54, 1.807) is 6.07 Å². The van der Waals surface area contributed by atoms with Gasteiger partial charge in [-0.25, -0.2) is 0 Å². The number of H-pyrrole nitrogens is 1. The van der Waals surface area contributed by atoms with Gasteiger partial charge in [0.05, 0.1) is 4.88 Å². The highest BCUT2D eigenvalue weighted by Crippen LogP contribution is 2.23. The Morgan fingerprint density at radius 1 is 1.00 bits per heavy atom. The molecular weight excluding hydrogens is 444 g/mol. The lowest BCUT2D eigenvalue weighted by atomic mass is 10.0. The summed E-state index contributed by atoms with van der Waals surface area (Å²) in [6.07, 6.45) is 2.39. The van der Waals surface area contributed by atoms with Crippen molar-refractivity contribution in [2.45, 2.75) is 19.4 Å². The van der Waals surface area contributed by atoms with E-state index in [1.165, 1.54) is 22.6 Å². The number of benzene rings is 2. The highest BCUT2D eigenvalue weighted by Gasteiger charge is 2.30. The molecule has 1 fully saturated rings. The number of aromatic amines is 1. The molecule has 0 saturated carbocycles. The van der Waals surface area contributed by atoms with E-state index in [9.17, 15) is 9.59 Å². The number of hydrogen-bond donors (Lipinski definition) is 2. The molecule has 1 saturated heterocycles. The van der Waals surface area contributed by atoms with E-state index >= 15 is 0 Å². The largest absolute Gasteiger partial charge is 0.368 e. The molecule has 0 bridgehead atoms. The standard InChI is InChI=1S/C27H28N4O2S/c1-19-7-2-5-10-24(19)30-12-14-31(15-13-30)27(33)23(29-26(32)25-11-6-16-34-25)17-20-18-28-22-9-4-3-8-21(20)22/h2-11,16,18,23,28H,12-15,17H2,1H3,(H,29,32)/t23-/m1/s1. The van der Waals surface area contributed by atoms with E-state index < -0.39 is 6.04 Å². The Bertz CT molecular complexity index is 1290. The summed E-state index contributed by atoms with van der Waals surface area (Å²) in [4.78, 5) is 34.7. The van der Waals surface area contributed by atoms with Gasteiger partial charge in [0.2, 0.25) is 5.91 Å². The first-order valence-corrected chi connectivity index (χ1v) is 12.5. The van der Waals surface area contributed by atoms with Crippen LogP contribution in [-0.2, 0) is 11.2 Å². The van der Waals surface area contributed by atoms with Crippen molar-refractivity contribution in [3.05, 3.63) is 88.2 Å². The van der Waals surface area contributed by atoms with E-state index in [0.717, 1.165) is 29.6 Å². The second-order valence-electron chi connectivity index (χ2n) is 8.67. The van der Waals surface area contributed by atoms with Crippen molar-refractivity contribution >= 4 is 39.7 Å². The Morgan fingerprint density at radius 3 is 2.53 bits per heavy atom. The fourth-order valence-electron chi connectivity index (χ4n) is 4.66. The summed E-state index contributed by atoms with van der Waals surface area (Å²) in [5, 5.41) is 5.97. The van der Waals surface area contributed by atoms with Crippen molar-refractivity contribution in [3.8, 4) is 0 Å². The van der Waals surface area contributed by atoms with E-state index in [2.05, 4.69) is 40.3 Å². The van der Waals surface area contributed by atoms with Crippen molar-refractivity contribution in [2.75, 3.05) is 31.1 Å². The molecule has 0 spiro atoms. The first kappa shape index (κ1) is 22.2. The molecule has 0 unspecified atom stereocenters. The minimum atomic E-state index is -0.626. The van der Waals surface area contributed by atoms with Gasteiger partial charge in [-0.15, -0.1) is 11.3 Å². The van der Waals surface area contributed by atoms with E-state index in [0.29, 0.717) is 24.4 Å². The molecule has 2 amide bonds. The number of hydrogen-bond acceptors (Lipinski definition) is 4. The van der Waals surface area contributed by atoms with Gasteiger partial charge in [-0.05, 0) is 41.6 Å². The van der Waals surface area contributed by atoms with Crippen LogP contribution in [0.5, 0.6) is 0 Å². The van der Waals surface area contributed by atoms with Crippen LogP contribution in [0.15, 0.2) is 72.2 Å². The number of nitrogens with one attached hydrogen (secondary N) is 2. The van der Waals surface area contributed by atoms with Gasteiger partial charge < -0.3 is 20.1 Å². The SMILES string of the molecule is Cc1ccccc1N1CCN(C(=O)[C@@H](Cc2c[nH]c3ccccc23)NC(=O)c2cccs2)CC1. The molecule has 1 aliphatic heterocycles. The van der Waals surface area contributed by atoms with Crippen LogP contribution >= 0.6 is 11.3 Å². The van der Waals surface area contributed by atoms with E-state index in [1.807, 2.05) is 52.9 Å². The van der Waals surface area contributed by atoms with Crippen LogP contribution in [0.25, 0.3) is 10.9 Å². The molecule has 1 atom stereocenters. The number of aromatic nitrogens is 1. The molecule has 4 aromatic rings. The third kappa shape index (κ3) is 4.56. The number of carbonyl (C=O) groups excluding carboxylic acids is 2. The van der Waals surface area contributed by atoms with Crippen molar-refractivity contribution in [1.82, 2.24) is 15.2 Å². The highest BCUT2D eigenvalue weighted by atomic mass is 32.1. The Hall–Kier alpha value is -3.58. The maximum absolute atomic E-state index is 13.7. The summed E-state index contributed by atoms with van der Waals surface area (Å²) in [6, 6.07) is 19.4. The fraction of sp³-hybridized carbons (Fsp3) is 0.259. The van der Waals surface area contributed by atoms with Gasteiger partial charge in [0, 0.05) is 55.4 Å². The van der Waals surface area contributed by atoms with Gasteiger partial charge in [-0.2, -0.15) is 0 Å². The molecule has 6 nitrogen and oxygen atoms in total. The number of piperazine rings is 1. The molecule has 2 aromatic heterocycles. The van der Waals surface area contributed by atoms with Gasteiger partial charge in [0.25, 0.3) is 5.91 Å². The summed E-state index contributed by atoms with van der Waals surface area (Å²) in [7, 11) is 0. The number of aryl methyl sites for hydroxylation is 1. The number of nitrogens with zero attached hydrogens (tertiary/aromatic N) is 2. The van der Waals surface area contributed by atoms with Crippen LogP contribution < -0.4 is 10.2 Å². The fourth-order valence-corrected chi connectivity index (χ4v) is 5.29. The second kappa shape index (κ2) is 9.73. The predicted molar refractivity (Wildman–Crippen MR) is 138 cm³/mol. The second-order valence-corrected chi connectivity index (χ2v) is 9.61. The Balaban J connectivity index is 1.33. The maximum Gasteiger partial charge on any atom is 0.262 e. The summed E-state index contributed by atoms with van der Waals surface area (Å²) >= 11 is 1.38. The lowest BCUT2D eigenvalue weighted by Crippen LogP contribution is -2.55. The zero-order valence-electron chi connectivity index (χ0n) is 19.2. The molecule has 0 radical (unpaired) electrons. The monoisotopic (exact) mass is 472 g/mol. The van der Waals surface area contributed by atoms with Crippen LogP contribution in [0.1, 0.15) is 20.8 Å². The quantitative estimate of drug-likeness (QED) is 0.441. The van der Waals surface area contributed by atoms with Crippen molar-refractivity contribution in [3.63, 3.8) is 0 Å². The third-order valence-electron chi connectivity index (χ3n) is 6.49. The zero-order chi connectivity index (χ0) is 23.5. The smallest absolute Gasteiger partial charge is 0.262 e.